The van der Waals surface area contributed by atoms with Crippen molar-refractivity contribution in [3.05, 3.63) is 16.6 Å². The van der Waals surface area contributed by atoms with Gasteiger partial charge in [-0.25, -0.2) is 4.98 Å². The van der Waals surface area contributed by atoms with E-state index in [9.17, 15) is 0 Å². The van der Waals surface area contributed by atoms with Gasteiger partial charge in [-0.3, -0.25) is 0 Å². The Morgan fingerprint density at radius 2 is 2.11 bits per heavy atom. The van der Waals surface area contributed by atoms with E-state index < -0.39 is 0 Å². The average molecular weight is 268 g/mol. The molecule has 0 aliphatic rings. The Hall–Kier alpha value is -0.410. The standard InChI is InChI=1S/C15H28N2S/c1-6-16-13(10-14-17-7-8-18-14)9-12(2)11-15(3,4)5/h7-8,12-13,16H,6,9-11H2,1-5H3. The summed E-state index contributed by atoms with van der Waals surface area (Å²) in [5, 5.41) is 6.92. The van der Waals surface area contributed by atoms with Crippen molar-refractivity contribution in [1.29, 1.82) is 0 Å². The molecule has 0 fully saturated rings. The summed E-state index contributed by atoms with van der Waals surface area (Å²) < 4.78 is 0. The molecule has 1 rings (SSSR count). The first-order valence-electron chi connectivity index (χ1n) is 7.02. The first-order chi connectivity index (χ1) is 8.40. The van der Waals surface area contributed by atoms with Crippen LogP contribution in [0.1, 0.15) is 52.5 Å². The maximum atomic E-state index is 4.40. The van der Waals surface area contributed by atoms with E-state index in [1.54, 1.807) is 11.3 Å². The Kier molecular flexibility index (Phi) is 6.30. The second-order valence-electron chi connectivity index (χ2n) is 6.49. The molecule has 18 heavy (non-hydrogen) atoms. The van der Waals surface area contributed by atoms with Gasteiger partial charge in [0.1, 0.15) is 0 Å². The van der Waals surface area contributed by atoms with E-state index in [0.29, 0.717) is 11.5 Å². The number of nitrogens with zero attached hydrogens (tertiary/aromatic N) is 1. The van der Waals surface area contributed by atoms with Crippen LogP contribution in [-0.2, 0) is 6.42 Å². The van der Waals surface area contributed by atoms with E-state index in [0.717, 1.165) is 18.9 Å². The van der Waals surface area contributed by atoms with E-state index in [-0.39, 0.29) is 0 Å². The van der Waals surface area contributed by atoms with Gasteiger partial charge in [0.2, 0.25) is 0 Å². The Morgan fingerprint density at radius 1 is 1.39 bits per heavy atom. The number of aromatic nitrogens is 1. The third-order valence-corrected chi connectivity index (χ3v) is 3.85. The Morgan fingerprint density at radius 3 is 2.61 bits per heavy atom. The maximum absolute atomic E-state index is 4.40. The van der Waals surface area contributed by atoms with Crippen molar-refractivity contribution in [3.63, 3.8) is 0 Å². The summed E-state index contributed by atoms with van der Waals surface area (Å²) in [6, 6.07) is 0.568. The second kappa shape index (κ2) is 7.25. The fourth-order valence-corrected chi connectivity index (χ4v) is 3.40. The molecule has 0 radical (unpaired) electrons. The molecule has 1 aromatic rings. The van der Waals surface area contributed by atoms with Gasteiger partial charge in [-0.15, -0.1) is 11.3 Å². The molecule has 0 aliphatic heterocycles. The smallest absolute Gasteiger partial charge is 0.0940 e. The van der Waals surface area contributed by atoms with Gasteiger partial charge in [-0.1, -0.05) is 34.6 Å². The van der Waals surface area contributed by atoms with Crippen molar-refractivity contribution in [2.75, 3.05) is 6.54 Å². The highest BCUT2D eigenvalue weighted by Crippen LogP contribution is 2.27. The molecule has 104 valence electrons. The number of thiazole rings is 1. The summed E-state index contributed by atoms with van der Waals surface area (Å²) in [5.74, 6) is 0.758. The van der Waals surface area contributed by atoms with Crippen LogP contribution in [-0.4, -0.2) is 17.6 Å². The Balaban J connectivity index is 2.46. The summed E-state index contributed by atoms with van der Waals surface area (Å²) in [6.07, 6.45) is 5.50. The molecular formula is C15H28N2S. The highest BCUT2D eigenvalue weighted by atomic mass is 32.1. The molecular weight excluding hydrogens is 240 g/mol. The molecule has 1 N–H and O–H groups in total. The van der Waals surface area contributed by atoms with Gasteiger partial charge in [0, 0.05) is 24.0 Å². The molecule has 0 amide bonds. The molecule has 1 aromatic heterocycles. The van der Waals surface area contributed by atoms with E-state index in [1.165, 1.54) is 17.8 Å². The normalized spacial score (nSPS) is 15.6. The van der Waals surface area contributed by atoms with Crippen LogP contribution in [0, 0.1) is 11.3 Å². The molecule has 0 saturated heterocycles. The van der Waals surface area contributed by atoms with Crippen molar-refractivity contribution in [1.82, 2.24) is 10.3 Å². The lowest BCUT2D eigenvalue weighted by Crippen LogP contribution is -2.33. The van der Waals surface area contributed by atoms with Crippen LogP contribution in [0.5, 0.6) is 0 Å². The van der Waals surface area contributed by atoms with Crippen LogP contribution >= 0.6 is 11.3 Å². The van der Waals surface area contributed by atoms with Gasteiger partial charge < -0.3 is 5.32 Å². The summed E-state index contributed by atoms with van der Waals surface area (Å²) in [5.41, 5.74) is 0.428. The van der Waals surface area contributed by atoms with E-state index in [2.05, 4.69) is 50.3 Å². The summed E-state index contributed by atoms with van der Waals surface area (Å²) in [6.45, 7) is 12.6. The van der Waals surface area contributed by atoms with Crippen LogP contribution in [0.3, 0.4) is 0 Å². The SMILES string of the molecule is CCNC(Cc1nccs1)CC(C)CC(C)(C)C. The number of hydrogen-bond acceptors (Lipinski definition) is 3. The minimum absolute atomic E-state index is 0.428. The van der Waals surface area contributed by atoms with Gasteiger partial charge in [0.15, 0.2) is 0 Å². The van der Waals surface area contributed by atoms with Crippen molar-refractivity contribution < 1.29 is 0 Å². The van der Waals surface area contributed by atoms with Crippen molar-refractivity contribution in [2.45, 2.75) is 59.9 Å². The molecule has 0 aliphatic carbocycles. The Labute approximate surface area is 116 Å². The molecule has 1 heterocycles. The third kappa shape index (κ3) is 6.50. The largest absolute Gasteiger partial charge is 0.314 e. The molecule has 0 bridgehead atoms. The van der Waals surface area contributed by atoms with Gasteiger partial charge in [-0.2, -0.15) is 0 Å². The van der Waals surface area contributed by atoms with Gasteiger partial charge in [0.05, 0.1) is 5.01 Å². The highest BCUT2D eigenvalue weighted by molar-refractivity contribution is 7.09. The predicted molar refractivity (Wildman–Crippen MR) is 81.1 cm³/mol. The molecule has 0 saturated carbocycles. The molecule has 0 aromatic carbocycles. The highest BCUT2D eigenvalue weighted by Gasteiger charge is 2.19. The average Bonchev–Trinajstić information content (AvgIpc) is 2.67. The first kappa shape index (κ1) is 15.6. The van der Waals surface area contributed by atoms with Crippen molar-refractivity contribution in [3.8, 4) is 0 Å². The summed E-state index contributed by atoms with van der Waals surface area (Å²) in [7, 11) is 0. The van der Waals surface area contributed by atoms with Gasteiger partial charge >= 0.3 is 0 Å². The summed E-state index contributed by atoms with van der Waals surface area (Å²) in [4.78, 5) is 4.40. The first-order valence-corrected chi connectivity index (χ1v) is 7.90. The van der Waals surface area contributed by atoms with Crippen LogP contribution in [0.2, 0.25) is 0 Å². The van der Waals surface area contributed by atoms with Crippen LogP contribution in [0.4, 0.5) is 0 Å². The molecule has 2 unspecified atom stereocenters. The van der Waals surface area contributed by atoms with Crippen molar-refractivity contribution in [2.24, 2.45) is 11.3 Å². The minimum Gasteiger partial charge on any atom is -0.314 e. The number of likely N-dealkylation sites (N-methyl/N-ethyl adjacent to an activating group) is 1. The third-order valence-electron chi connectivity index (χ3n) is 3.05. The number of nitrogens with one attached hydrogen (secondary N) is 1. The predicted octanol–water partition coefficient (Wildman–Crippen LogP) is 4.13. The monoisotopic (exact) mass is 268 g/mol. The summed E-state index contributed by atoms with van der Waals surface area (Å²) >= 11 is 1.77. The lowest BCUT2D eigenvalue weighted by molar-refractivity contribution is 0.275. The van der Waals surface area contributed by atoms with Crippen LogP contribution in [0.25, 0.3) is 0 Å². The second-order valence-corrected chi connectivity index (χ2v) is 7.47. The maximum Gasteiger partial charge on any atom is 0.0940 e. The van der Waals surface area contributed by atoms with Gasteiger partial charge in [0.25, 0.3) is 0 Å². The van der Waals surface area contributed by atoms with Crippen LogP contribution < -0.4 is 5.32 Å². The fraction of sp³-hybridized carbons (Fsp3) is 0.800. The van der Waals surface area contributed by atoms with Crippen LogP contribution in [0.15, 0.2) is 11.6 Å². The lowest BCUT2D eigenvalue weighted by Gasteiger charge is -2.26. The van der Waals surface area contributed by atoms with E-state index in [1.807, 2.05) is 6.20 Å². The lowest BCUT2D eigenvalue weighted by atomic mass is 9.82. The molecule has 3 heteroatoms. The zero-order valence-corrected chi connectivity index (χ0v) is 13.3. The van der Waals surface area contributed by atoms with E-state index in [4.69, 9.17) is 0 Å². The van der Waals surface area contributed by atoms with Gasteiger partial charge in [-0.05, 0) is 30.7 Å². The molecule has 2 nitrogen and oxygen atoms in total. The Bertz CT molecular complexity index is 314. The fourth-order valence-electron chi connectivity index (χ4n) is 2.71. The molecule has 0 spiro atoms. The number of rotatable bonds is 7. The minimum atomic E-state index is 0.428. The molecule has 2 atom stereocenters. The van der Waals surface area contributed by atoms with Crippen molar-refractivity contribution >= 4 is 11.3 Å². The topological polar surface area (TPSA) is 24.9 Å². The quantitative estimate of drug-likeness (QED) is 0.804. The zero-order valence-electron chi connectivity index (χ0n) is 12.5. The zero-order chi connectivity index (χ0) is 13.6. The number of hydrogen-bond donors (Lipinski definition) is 1. The van der Waals surface area contributed by atoms with E-state index >= 15 is 0 Å².